The fourth-order valence-corrected chi connectivity index (χ4v) is 3.36. The maximum atomic E-state index is 12.3. The molecule has 0 aromatic heterocycles. The fraction of sp³-hybridized carbons (Fsp3) is 0.208. The van der Waals surface area contributed by atoms with Crippen molar-refractivity contribution in [1.82, 2.24) is 10.7 Å². The third-order valence-electron chi connectivity index (χ3n) is 4.71. The molecule has 0 fully saturated rings. The molecule has 0 aliphatic rings. The van der Waals surface area contributed by atoms with Crippen molar-refractivity contribution in [3.05, 3.63) is 71.8 Å². The number of carbonyl (C=O) groups excluding carboxylic acids is 2. The molecule has 0 heterocycles. The van der Waals surface area contributed by atoms with E-state index < -0.39 is 17.4 Å². The number of hydrogen-bond donors (Lipinski definition) is 4. The summed E-state index contributed by atoms with van der Waals surface area (Å²) in [6.07, 6.45) is 1.53. The Labute approximate surface area is 180 Å². The molecule has 0 atom stereocenters. The molecule has 0 spiro atoms. The Hall–Kier alpha value is -3.87. The van der Waals surface area contributed by atoms with Crippen molar-refractivity contribution in [2.45, 2.75) is 32.2 Å². The number of nitrogens with one attached hydrogen (secondary N) is 2. The van der Waals surface area contributed by atoms with Crippen molar-refractivity contribution in [2.75, 3.05) is 0 Å². The lowest BCUT2D eigenvalue weighted by atomic mass is 9.94. The van der Waals surface area contributed by atoms with Gasteiger partial charge in [0.1, 0.15) is 17.9 Å². The highest BCUT2D eigenvalue weighted by Gasteiger charge is 2.22. The predicted molar refractivity (Wildman–Crippen MR) is 120 cm³/mol. The van der Waals surface area contributed by atoms with E-state index in [1.807, 2.05) is 38.1 Å². The van der Waals surface area contributed by atoms with Crippen LogP contribution in [0, 0.1) is 0 Å². The number of benzene rings is 3. The van der Waals surface area contributed by atoms with Crippen molar-refractivity contribution in [3.63, 3.8) is 0 Å². The number of amides is 2. The summed E-state index contributed by atoms with van der Waals surface area (Å²) >= 11 is 0. The summed E-state index contributed by atoms with van der Waals surface area (Å²) in [6.45, 7) is 3.72. The maximum Gasteiger partial charge on any atom is 0.249 e. The van der Waals surface area contributed by atoms with Crippen LogP contribution >= 0.6 is 0 Å². The normalized spacial score (nSPS) is 11.5. The zero-order chi connectivity index (χ0) is 22.4. The second-order valence-corrected chi connectivity index (χ2v) is 7.96. The minimum atomic E-state index is -0.577. The van der Waals surface area contributed by atoms with E-state index in [1.165, 1.54) is 6.21 Å². The fourth-order valence-electron chi connectivity index (χ4n) is 3.36. The highest BCUT2D eigenvalue weighted by Crippen LogP contribution is 2.25. The standard InChI is InChI=1S/C24H25N3O4/c1-24(2,14-16-7-10-18(28)11-8-16)26-22(30)13-23(31)27-25-15-20-19-6-4-3-5-17(19)9-12-21(20)29/h3-12,15,28-29H,13-14H2,1-2H3,(H,26,30)(H,27,31)/b25-15-. The van der Waals surface area contributed by atoms with E-state index in [0.717, 1.165) is 16.3 Å². The van der Waals surface area contributed by atoms with Gasteiger partial charge >= 0.3 is 0 Å². The van der Waals surface area contributed by atoms with Crippen LogP contribution in [0.3, 0.4) is 0 Å². The highest BCUT2D eigenvalue weighted by atomic mass is 16.3. The van der Waals surface area contributed by atoms with Gasteiger partial charge < -0.3 is 15.5 Å². The van der Waals surface area contributed by atoms with Gasteiger partial charge in [-0.05, 0) is 54.8 Å². The molecule has 3 rings (SSSR count). The van der Waals surface area contributed by atoms with Gasteiger partial charge in [0.05, 0.1) is 6.21 Å². The van der Waals surface area contributed by atoms with Gasteiger partial charge in [-0.2, -0.15) is 5.10 Å². The topological polar surface area (TPSA) is 111 Å². The average molecular weight is 419 g/mol. The minimum absolute atomic E-state index is 0.0467. The van der Waals surface area contributed by atoms with Crippen LogP contribution in [0.1, 0.15) is 31.4 Å². The van der Waals surface area contributed by atoms with E-state index in [1.54, 1.807) is 36.4 Å². The van der Waals surface area contributed by atoms with E-state index in [2.05, 4.69) is 15.8 Å². The molecule has 4 N–H and O–H groups in total. The van der Waals surface area contributed by atoms with Crippen molar-refractivity contribution < 1.29 is 19.8 Å². The van der Waals surface area contributed by atoms with Gasteiger partial charge in [-0.3, -0.25) is 9.59 Å². The molecule has 160 valence electrons. The summed E-state index contributed by atoms with van der Waals surface area (Å²) in [5, 5.41) is 27.9. The molecule has 7 nitrogen and oxygen atoms in total. The molecule has 0 saturated heterocycles. The van der Waals surface area contributed by atoms with Crippen molar-refractivity contribution in [3.8, 4) is 11.5 Å². The zero-order valence-electron chi connectivity index (χ0n) is 17.4. The molecule has 0 radical (unpaired) electrons. The van der Waals surface area contributed by atoms with Crippen LogP contribution in [0.5, 0.6) is 11.5 Å². The van der Waals surface area contributed by atoms with Gasteiger partial charge in [-0.25, -0.2) is 5.43 Å². The molecule has 0 saturated carbocycles. The number of nitrogens with zero attached hydrogens (tertiary/aromatic N) is 1. The lowest BCUT2D eigenvalue weighted by Crippen LogP contribution is -2.46. The monoisotopic (exact) mass is 419 g/mol. The Kier molecular flexibility index (Phi) is 6.55. The van der Waals surface area contributed by atoms with E-state index >= 15 is 0 Å². The molecule has 0 bridgehead atoms. The molecule has 0 aliphatic carbocycles. The second-order valence-electron chi connectivity index (χ2n) is 7.96. The molecular formula is C24H25N3O4. The number of phenols is 2. The van der Waals surface area contributed by atoms with Gasteiger partial charge in [-0.1, -0.05) is 42.5 Å². The third-order valence-corrected chi connectivity index (χ3v) is 4.71. The van der Waals surface area contributed by atoms with Crippen molar-refractivity contribution in [2.24, 2.45) is 5.10 Å². The Morgan fingerprint density at radius 1 is 0.968 bits per heavy atom. The molecule has 3 aromatic carbocycles. The van der Waals surface area contributed by atoms with Gasteiger partial charge in [0, 0.05) is 11.1 Å². The SMILES string of the molecule is CC(C)(Cc1ccc(O)cc1)NC(=O)CC(=O)N/N=C\c1c(O)ccc2ccccc12. The number of rotatable bonds is 7. The molecule has 0 aliphatic heterocycles. The Morgan fingerprint density at radius 3 is 2.42 bits per heavy atom. The Morgan fingerprint density at radius 2 is 1.68 bits per heavy atom. The number of phenolic OH excluding ortho intramolecular Hbond substituents is 2. The second kappa shape index (κ2) is 9.30. The summed E-state index contributed by atoms with van der Waals surface area (Å²) in [4.78, 5) is 24.4. The first-order chi connectivity index (χ1) is 14.7. The van der Waals surface area contributed by atoms with Gasteiger partial charge in [-0.15, -0.1) is 0 Å². The highest BCUT2D eigenvalue weighted by molar-refractivity contribution is 6.03. The van der Waals surface area contributed by atoms with E-state index in [0.29, 0.717) is 12.0 Å². The summed E-state index contributed by atoms with van der Waals surface area (Å²) in [7, 11) is 0. The van der Waals surface area contributed by atoms with Crippen molar-refractivity contribution >= 4 is 28.8 Å². The van der Waals surface area contributed by atoms with Crippen LogP contribution in [0.4, 0.5) is 0 Å². The van der Waals surface area contributed by atoms with Crippen LogP contribution in [-0.4, -0.2) is 33.8 Å². The molecular weight excluding hydrogens is 394 g/mol. The lowest BCUT2D eigenvalue weighted by Gasteiger charge is -2.26. The zero-order valence-corrected chi connectivity index (χ0v) is 17.4. The van der Waals surface area contributed by atoms with Gasteiger partial charge in [0.15, 0.2) is 0 Å². The van der Waals surface area contributed by atoms with Crippen molar-refractivity contribution in [1.29, 1.82) is 0 Å². The lowest BCUT2D eigenvalue weighted by molar-refractivity contribution is -0.130. The van der Waals surface area contributed by atoms with Crippen LogP contribution in [0.25, 0.3) is 10.8 Å². The number of fused-ring (bicyclic) bond motifs is 1. The molecule has 3 aromatic rings. The first-order valence-corrected chi connectivity index (χ1v) is 9.85. The maximum absolute atomic E-state index is 12.3. The first kappa shape index (κ1) is 21.8. The van der Waals surface area contributed by atoms with Crippen LogP contribution in [-0.2, 0) is 16.0 Å². The summed E-state index contributed by atoms with van der Waals surface area (Å²) in [5.41, 5.74) is 3.18. The van der Waals surface area contributed by atoms with Crippen LogP contribution in [0.2, 0.25) is 0 Å². The third kappa shape index (κ3) is 6.05. The van der Waals surface area contributed by atoms with E-state index in [-0.39, 0.29) is 17.9 Å². The Bertz CT molecular complexity index is 1120. The van der Waals surface area contributed by atoms with Gasteiger partial charge in [0.25, 0.3) is 0 Å². The molecule has 31 heavy (non-hydrogen) atoms. The van der Waals surface area contributed by atoms with E-state index in [9.17, 15) is 19.8 Å². The molecule has 2 amide bonds. The van der Waals surface area contributed by atoms with Crippen LogP contribution < -0.4 is 10.7 Å². The predicted octanol–water partition coefficient (Wildman–Crippen LogP) is 3.23. The number of hydrazone groups is 1. The van der Waals surface area contributed by atoms with E-state index in [4.69, 9.17) is 0 Å². The van der Waals surface area contributed by atoms with Crippen LogP contribution in [0.15, 0.2) is 65.8 Å². The first-order valence-electron chi connectivity index (χ1n) is 9.85. The van der Waals surface area contributed by atoms with Gasteiger partial charge in [0.2, 0.25) is 11.8 Å². The smallest absolute Gasteiger partial charge is 0.249 e. The largest absolute Gasteiger partial charge is 0.508 e. The number of carbonyl (C=O) groups is 2. The molecule has 0 unspecified atom stereocenters. The summed E-state index contributed by atoms with van der Waals surface area (Å²) in [6, 6.07) is 17.6. The number of hydrogen-bond acceptors (Lipinski definition) is 5. The average Bonchev–Trinajstić information content (AvgIpc) is 2.70. The summed E-state index contributed by atoms with van der Waals surface area (Å²) < 4.78 is 0. The summed E-state index contributed by atoms with van der Waals surface area (Å²) in [5.74, 6) is -0.761. The molecule has 7 heteroatoms. The Balaban J connectivity index is 1.55. The number of aromatic hydroxyl groups is 2. The quantitative estimate of drug-likeness (QED) is 0.268. The minimum Gasteiger partial charge on any atom is -0.508 e.